The molecule has 2 heterocycles. The van der Waals surface area contributed by atoms with E-state index in [4.69, 9.17) is 5.11 Å². The molecular weight excluding hydrogens is 238 g/mol. The van der Waals surface area contributed by atoms with Gasteiger partial charge >= 0.3 is 5.97 Å². The van der Waals surface area contributed by atoms with Gasteiger partial charge < -0.3 is 10.1 Å². The standard InChI is InChI=1S/C12H7NO3S/c14-11-8(12(15)16)5-6-1-2-9-7(3-4-17-9)10(6)13-11/h1-5H,(H,13,14)(H,15,16). The van der Waals surface area contributed by atoms with Crippen molar-refractivity contribution < 1.29 is 9.90 Å². The Bertz CT molecular complexity index is 800. The van der Waals surface area contributed by atoms with Crippen LogP contribution in [0.5, 0.6) is 0 Å². The number of carboxylic acid groups (broad SMARTS) is 1. The van der Waals surface area contributed by atoms with Crippen molar-refractivity contribution in [3.63, 3.8) is 0 Å². The van der Waals surface area contributed by atoms with E-state index >= 15 is 0 Å². The van der Waals surface area contributed by atoms with Gasteiger partial charge in [0.15, 0.2) is 0 Å². The number of aromatic carboxylic acids is 1. The third-order valence-corrected chi connectivity index (χ3v) is 3.56. The zero-order valence-corrected chi connectivity index (χ0v) is 9.38. The molecule has 0 radical (unpaired) electrons. The summed E-state index contributed by atoms with van der Waals surface area (Å²) in [6.45, 7) is 0. The molecule has 0 bridgehead atoms. The Morgan fingerprint density at radius 3 is 2.88 bits per heavy atom. The van der Waals surface area contributed by atoms with Crippen molar-refractivity contribution in [1.29, 1.82) is 0 Å². The number of aromatic amines is 1. The predicted octanol–water partition coefficient (Wildman–Crippen LogP) is 2.44. The third kappa shape index (κ3) is 1.43. The van der Waals surface area contributed by atoms with Gasteiger partial charge in [-0.05, 0) is 29.0 Å². The van der Waals surface area contributed by atoms with E-state index in [9.17, 15) is 9.59 Å². The molecule has 0 spiro atoms. The molecule has 0 saturated heterocycles. The quantitative estimate of drug-likeness (QED) is 0.691. The van der Waals surface area contributed by atoms with Crippen molar-refractivity contribution in [1.82, 2.24) is 4.98 Å². The topological polar surface area (TPSA) is 70.2 Å². The van der Waals surface area contributed by atoms with E-state index in [1.807, 2.05) is 23.6 Å². The van der Waals surface area contributed by atoms with E-state index in [-0.39, 0.29) is 5.56 Å². The maximum atomic E-state index is 11.6. The van der Waals surface area contributed by atoms with E-state index in [2.05, 4.69) is 4.98 Å². The molecule has 5 heteroatoms. The fourth-order valence-electron chi connectivity index (χ4n) is 1.88. The summed E-state index contributed by atoms with van der Waals surface area (Å²) < 4.78 is 1.07. The summed E-state index contributed by atoms with van der Waals surface area (Å²) in [5.74, 6) is -1.21. The zero-order valence-electron chi connectivity index (χ0n) is 8.56. The number of hydrogen-bond donors (Lipinski definition) is 2. The number of rotatable bonds is 1. The van der Waals surface area contributed by atoms with Crippen LogP contribution in [0, 0.1) is 0 Å². The summed E-state index contributed by atoms with van der Waals surface area (Å²) in [7, 11) is 0. The van der Waals surface area contributed by atoms with Crippen LogP contribution in [0.3, 0.4) is 0 Å². The van der Waals surface area contributed by atoms with Crippen molar-refractivity contribution in [3.8, 4) is 0 Å². The number of nitrogens with one attached hydrogen (secondary N) is 1. The number of pyridine rings is 1. The largest absolute Gasteiger partial charge is 0.477 e. The lowest BCUT2D eigenvalue weighted by atomic mass is 10.1. The third-order valence-electron chi connectivity index (χ3n) is 2.68. The van der Waals surface area contributed by atoms with Gasteiger partial charge in [-0.15, -0.1) is 11.3 Å². The number of aromatic nitrogens is 1. The first kappa shape index (κ1) is 10.0. The minimum Gasteiger partial charge on any atom is -0.477 e. The molecule has 0 aliphatic carbocycles. The molecule has 3 rings (SSSR count). The van der Waals surface area contributed by atoms with E-state index in [1.54, 1.807) is 11.3 Å². The highest BCUT2D eigenvalue weighted by Gasteiger charge is 2.11. The highest BCUT2D eigenvalue weighted by molar-refractivity contribution is 7.17. The molecule has 0 aliphatic rings. The molecule has 0 unspecified atom stereocenters. The molecule has 84 valence electrons. The minimum absolute atomic E-state index is 0.230. The van der Waals surface area contributed by atoms with Crippen LogP contribution in [-0.4, -0.2) is 16.1 Å². The molecule has 17 heavy (non-hydrogen) atoms. The van der Waals surface area contributed by atoms with Gasteiger partial charge in [0.1, 0.15) is 5.56 Å². The molecule has 1 aromatic carbocycles. The molecule has 0 aliphatic heterocycles. The number of hydrogen-bond acceptors (Lipinski definition) is 3. The van der Waals surface area contributed by atoms with E-state index in [0.29, 0.717) is 5.52 Å². The first-order chi connectivity index (χ1) is 8.16. The fourth-order valence-corrected chi connectivity index (χ4v) is 2.68. The van der Waals surface area contributed by atoms with Gasteiger partial charge in [0, 0.05) is 10.1 Å². The van der Waals surface area contributed by atoms with Gasteiger partial charge in [0.25, 0.3) is 5.56 Å². The number of carboxylic acids is 1. The maximum absolute atomic E-state index is 11.6. The van der Waals surface area contributed by atoms with Gasteiger partial charge in [-0.25, -0.2) is 4.79 Å². The SMILES string of the molecule is O=C(O)c1cc2ccc3sccc3c2[nH]c1=O. The van der Waals surface area contributed by atoms with Crippen molar-refractivity contribution in [2.45, 2.75) is 0 Å². The normalized spacial score (nSPS) is 11.1. The van der Waals surface area contributed by atoms with Gasteiger partial charge in [-0.3, -0.25) is 4.79 Å². The Hall–Kier alpha value is -2.14. The molecule has 0 amide bonds. The molecule has 4 nitrogen and oxygen atoms in total. The molecule has 0 atom stereocenters. The second-order valence-corrected chi connectivity index (χ2v) is 4.63. The first-order valence-corrected chi connectivity index (χ1v) is 5.81. The fraction of sp³-hybridized carbons (Fsp3) is 0. The zero-order chi connectivity index (χ0) is 12.0. The molecule has 3 aromatic rings. The number of thiophene rings is 1. The van der Waals surface area contributed by atoms with E-state index in [1.165, 1.54) is 6.07 Å². The van der Waals surface area contributed by atoms with Crippen LogP contribution < -0.4 is 5.56 Å². The van der Waals surface area contributed by atoms with Crippen LogP contribution in [0.2, 0.25) is 0 Å². The average molecular weight is 245 g/mol. The van der Waals surface area contributed by atoms with Gasteiger partial charge in [0.2, 0.25) is 0 Å². The molecule has 0 fully saturated rings. The highest BCUT2D eigenvalue weighted by atomic mass is 32.1. The van der Waals surface area contributed by atoms with Gasteiger partial charge in [-0.1, -0.05) is 6.07 Å². The van der Waals surface area contributed by atoms with Crippen LogP contribution in [0.1, 0.15) is 10.4 Å². The maximum Gasteiger partial charge on any atom is 0.341 e. The average Bonchev–Trinajstić information content (AvgIpc) is 2.76. The number of fused-ring (bicyclic) bond motifs is 3. The Kier molecular flexibility index (Phi) is 2.02. The lowest BCUT2D eigenvalue weighted by Crippen LogP contribution is -2.16. The second-order valence-electron chi connectivity index (χ2n) is 3.68. The Morgan fingerprint density at radius 1 is 1.29 bits per heavy atom. The second kappa shape index (κ2) is 3.43. The molecule has 2 N–H and O–H groups in total. The van der Waals surface area contributed by atoms with Crippen LogP contribution in [0.4, 0.5) is 0 Å². The first-order valence-electron chi connectivity index (χ1n) is 4.93. The van der Waals surface area contributed by atoms with Crippen LogP contribution in [0.15, 0.2) is 34.4 Å². The summed E-state index contributed by atoms with van der Waals surface area (Å²) in [6, 6.07) is 7.06. The smallest absolute Gasteiger partial charge is 0.341 e. The monoisotopic (exact) mass is 245 g/mol. The summed E-state index contributed by atoms with van der Waals surface area (Å²) in [5, 5.41) is 12.5. The number of H-pyrrole nitrogens is 1. The lowest BCUT2D eigenvalue weighted by Gasteiger charge is -2.01. The van der Waals surface area contributed by atoms with Gasteiger partial charge in [-0.2, -0.15) is 0 Å². The lowest BCUT2D eigenvalue weighted by molar-refractivity contribution is 0.0695. The predicted molar refractivity (Wildman–Crippen MR) is 66.9 cm³/mol. The van der Waals surface area contributed by atoms with Crippen molar-refractivity contribution in [2.75, 3.05) is 0 Å². The van der Waals surface area contributed by atoms with Crippen molar-refractivity contribution in [3.05, 3.63) is 45.6 Å². The van der Waals surface area contributed by atoms with Crippen LogP contribution >= 0.6 is 11.3 Å². The van der Waals surface area contributed by atoms with Crippen LogP contribution in [-0.2, 0) is 0 Å². The van der Waals surface area contributed by atoms with E-state index < -0.39 is 11.5 Å². The van der Waals surface area contributed by atoms with Crippen molar-refractivity contribution in [2.24, 2.45) is 0 Å². The van der Waals surface area contributed by atoms with E-state index in [0.717, 1.165) is 15.5 Å². The Labute approximate surface area is 99.1 Å². The molecular formula is C12H7NO3S. The molecule has 2 aromatic heterocycles. The summed E-state index contributed by atoms with van der Waals surface area (Å²) in [4.78, 5) is 25.1. The van der Waals surface area contributed by atoms with Gasteiger partial charge in [0.05, 0.1) is 5.52 Å². The number of carbonyl (C=O) groups is 1. The minimum atomic E-state index is -1.21. The molecule has 0 saturated carbocycles. The highest BCUT2D eigenvalue weighted by Crippen LogP contribution is 2.27. The Balaban J connectivity index is 2.51. The number of benzene rings is 1. The van der Waals surface area contributed by atoms with Crippen LogP contribution in [0.25, 0.3) is 21.0 Å². The van der Waals surface area contributed by atoms with Crippen molar-refractivity contribution >= 4 is 38.3 Å². The Morgan fingerprint density at radius 2 is 2.12 bits per heavy atom. The summed E-state index contributed by atoms with van der Waals surface area (Å²) in [6.07, 6.45) is 0. The summed E-state index contributed by atoms with van der Waals surface area (Å²) >= 11 is 1.58. The summed E-state index contributed by atoms with van der Waals surface area (Å²) in [5.41, 5.74) is -0.102.